The molecule has 2 aliphatic heterocycles. The van der Waals surface area contributed by atoms with Crippen LogP contribution in [0.15, 0.2) is 28.9 Å². The van der Waals surface area contributed by atoms with E-state index in [2.05, 4.69) is 5.32 Å². The van der Waals surface area contributed by atoms with Gasteiger partial charge in [-0.3, -0.25) is 9.48 Å². The molecule has 144 valence electrons. The monoisotopic (exact) mass is 371 g/mol. The number of fused-ring (bicyclic) bond motifs is 1. The molecule has 0 aromatic carbocycles. The predicted octanol–water partition coefficient (Wildman–Crippen LogP) is 2.04. The Labute approximate surface area is 158 Å². The fourth-order valence-corrected chi connectivity index (χ4v) is 3.80. The molecule has 0 bridgehead atoms. The van der Waals surface area contributed by atoms with Crippen molar-refractivity contribution in [1.29, 1.82) is 0 Å². The topological polar surface area (TPSA) is 83.6 Å². The maximum atomic E-state index is 12.4. The molecule has 2 aromatic heterocycles. The molecule has 4 heterocycles. The van der Waals surface area contributed by atoms with E-state index in [4.69, 9.17) is 9.52 Å². The molecule has 8 nitrogen and oxygen atoms in total. The first-order valence-corrected chi connectivity index (χ1v) is 9.50. The van der Waals surface area contributed by atoms with Crippen LogP contribution in [0.2, 0.25) is 0 Å². The highest BCUT2D eigenvalue weighted by molar-refractivity contribution is 5.92. The molecule has 2 aliphatic rings. The maximum absolute atomic E-state index is 12.4. The molecule has 0 spiro atoms. The minimum Gasteiger partial charge on any atom is -0.467 e. The third-order valence-electron chi connectivity index (χ3n) is 5.42. The molecule has 1 fully saturated rings. The summed E-state index contributed by atoms with van der Waals surface area (Å²) in [7, 11) is 1.84. The summed E-state index contributed by atoms with van der Waals surface area (Å²) in [5.74, 6) is 1.07. The Morgan fingerprint density at radius 1 is 1.30 bits per heavy atom. The van der Waals surface area contributed by atoms with Crippen LogP contribution in [0.25, 0.3) is 0 Å². The van der Waals surface area contributed by atoms with Crippen LogP contribution in [0.1, 0.15) is 47.1 Å². The quantitative estimate of drug-likeness (QED) is 0.895. The van der Waals surface area contributed by atoms with Crippen molar-refractivity contribution in [3.63, 3.8) is 0 Å². The first-order valence-electron chi connectivity index (χ1n) is 9.50. The number of urea groups is 1. The molecule has 0 saturated carbocycles. The fraction of sp³-hybridized carbons (Fsp3) is 0.526. The van der Waals surface area contributed by atoms with Crippen molar-refractivity contribution in [2.24, 2.45) is 0 Å². The maximum Gasteiger partial charge on any atom is 0.317 e. The van der Waals surface area contributed by atoms with Crippen LogP contribution in [-0.4, -0.2) is 58.2 Å². The number of aromatic nitrogens is 2. The van der Waals surface area contributed by atoms with Crippen molar-refractivity contribution in [2.45, 2.75) is 38.3 Å². The lowest BCUT2D eigenvalue weighted by Gasteiger charge is -2.31. The smallest absolute Gasteiger partial charge is 0.317 e. The molecular formula is C19H25N5O3. The number of nitrogens with one attached hydrogen (secondary N) is 1. The van der Waals surface area contributed by atoms with Gasteiger partial charge in [0.05, 0.1) is 18.5 Å². The molecule has 0 aliphatic carbocycles. The molecule has 1 saturated heterocycles. The highest BCUT2D eigenvalue weighted by atomic mass is 16.3. The van der Waals surface area contributed by atoms with Crippen molar-refractivity contribution in [2.75, 3.05) is 26.7 Å². The van der Waals surface area contributed by atoms with E-state index in [1.165, 1.54) is 0 Å². The average Bonchev–Trinajstić information content (AvgIpc) is 3.33. The van der Waals surface area contributed by atoms with E-state index in [-0.39, 0.29) is 17.9 Å². The van der Waals surface area contributed by atoms with Crippen LogP contribution in [-0.2, 0) is 13.1 Å². The van der Waals surface area contributed by atoms with Crippen LogP contribution >= 0.6 is 0 Å². The van der Waals surface area contributed by atoms with Gasteiger partial charge >= 0.3 is 6.03 Å². The zero-order chi connectivity index (χ0) is 18.8. The number of carbonyl (C=O) groups is 2. The van der Waals surface area contributed by atoms with E-state index >= 15 is 0 Å². The van der Waals surface area contributed by atoms with E-state index < -0.39 is 0 Å². The number of hydrogen-bond acceptors (Lipinski definition) is 4. The third-order valence-corrected chi connectivity index (χ3v) is 5.42. The van der Waals surface area contributed by atoms with E-state index in [0.717, 1.165) is 43.8 Å². The molecule has 4 rings (SSSR count). The van der Waals surface area contributed by atoms with Gasteiger partial charge in [-0.2, -0.15) is 5.10 Å². The van der Waals surface area contributed by atoms with Crippen LogP contribution in [0, 0.1) is 0 Å². The second-order valence-electron chi connectivity index (χ2n) is 7.26. The number of amides is 3. The Morgan fingerprint density at radius 2 is 2.11 bits per heavy atom. The van der Waals surface area contributed by atoms with Crippen LogP contribution in [0.3, 0.4) is 0 Å². The minimum atomic E-state index is -0.0673. The van der Waals surface area contributed by atoms with E-state index in [9.17, 15) is 9.59 Å². The summed E-state index contributed by atoms with van der Waals surface area (Å²) in [6, 6.07) is 5.53. The Bertz CT molecular complexity index is 805. The lowest BCUT2D eigenvalue weighted by molar-refractivity contribution is 0.0796. The molecule has 0 radical (unpaired) electrons. The standard InChI is InChI=1S/C19H25N5O3/c1-22-7-3-8-24-17(18(22)25)12-16(21-24)14-5-9-23(10-6-14)19(26)20-13-15-4-2-11-27-15/h2,4,11-12,14H,3,5-10,13H2,1H3,(H,20,26). The minimum absolute atomic E-state index is 0.0426. The molecule has 27 heavy (non-hydrogen) atoms. The highest BCUT2D eigenvalue weighted by Crippen LogP contribution is 2.28. The summed E-state index contributed by atoms with van der Waals surface area (Å²) in [6.07, 6.45) is 4.23. The van der Waals surface area contributed by atoms with Crippen molar-refractivity contribution in [3.05, 3.63) is 41.6 Å². The zero-order valence-corrected chi connectivity index (χ0v) is 15.6. The SMILES string of the molecule is CN1CCCn2nc(C3CCN(C(=O)NCc4ccco4)CC3)cc2C1=O. The van der Waals surface area contributed by atoms with Crippen molar-refractivity contribution in [1.82, 2.24) is 24.9 Å². The van der Waals surface area contributed by atoms with Crippen molar-refractivity contribution < 1.29 is 14.0 Å². The van der Waals surface area contributed by atoms with Gasteiger partial charge in [0.25, 0.3) is 5.91 Å². The van der Waals surface area contributed by atoms with Gasteiger partial charge in [0.1, 0.15) is 11.5 Å². The summed E-state index contributed by atoms with van der Waals surface area (Å²) >= 11 is 0. The van der Waals surface area contributed by atoms with Gasteiger partial charge in [0.15, 0.2) is 0 Å². The number of aryl methyl sites for hydroxylation is 1. The van der Waals surface area contributed by atoms with Crippen LogP contribution in [0.5, 0.6) is 0 Å². The summed E-state index contributed by atoms with van der Waals surface area (Å²) in [4.78, 5) is 28.3. The first-order chi connectivity index (χ1) is 13.1. The summed E-state index contributed by atoms with van der Waals surface area (Å²) in [5, 5.41) is 7.59. The van der Waals surface area contributed by atoms with E-state index in [1.54, 1.807) is 11.2 Å². The van der Waals surface area contributed by atoms with Gasteiger partial charge in [-0.15, -0.1) is 0 Å². The number of rotatable bonds is 3. The van der Waals surface area contributed by atoms with Crippen molar-refractivity contribution in [3.8, 4) is 0 Å². The Balaban J connectivity index is 1.34. The summed E-state index contributed by atoms with van der Waals surface area (Å²) in [5.41, 5.74) is 1.66. The molecule has 0 atom stereocenters. The number of hydrogen-bond donors (Lipinski definition) is 1. The molecular weight excluding hydrogens is 346 g/mol. The lowest BCUT2D eigenvalue weighted by Crippen LogP contribution is -2.43. The van der Waals surface area contributed by atoms with Gasteiger partial charge < -0.3 is 19.5 Å². The Morgan fingerprint density at radius 3 is 2.85 bits per heavy atom. The molecule has 8 heteroatoms. The third kappa shape index (κ3) is 3.70. The Hall–Kier alpha value is -2.77. The number of furan rings is 1. The van der Waals surface area contributed by atoms with Crippen LogP contribution < -0.4 is 5.32 Å². The lowest BCUT2D eigenvalue weighted by atomic mass is 9.93. The van der Waals surface area contributed by atoms with Gasteiger partial charge in [-0.05, 0) is 37.5 Å². The van der Waals surface area contributed by atoms with Crippen molar-refractivity contribution >= 4 is 11.9 Å². The fourth-order valence-electron chi connectivity index (χ4n) is 3.80. The average molecular weight is 371 g/mol. The van der Waals surface area contributed by atoms with Gasteiger partial charge in [-0.1, -0.05) is 0 Å². The van der Waals surface area contributed by atoms with Gasteiger partial charge in [0, 0.05) is 39.1 Å². The number of likely N-dealkylation sites (tertiary alicyclic amines) is 1. The number of carbonyl (C=O) groups excluding carboxylic acids is 2. The molecule has 1 N–H and O–H groups in total. The van der Waals surface area contributed by atoms with E-state index in [0.29, 0.717) is 25.3 Å². The molecule has 0 unspecified atom stereocenters. The predicted molar refractivity (Wildman–Crippen MR) is 98.3 cm³/mol. The highest BCUT2D eigenvalue weighted by Gasteiger charge is 2.28. The van der Waals surface area contributed by atoms with Gasteiger partial charge in [-0.25, -0.2) is 4.79 Å². The largest absolute Gasteiger partial charge is 0.467 e. The normalized spacial score (nSPS) is 18.3. The number of nitrogens with zero attached hydrogens (tertiary/aromatic N) is 4. The number of piperidine rings is 1. The van der Waals surface area contributed by atoms with Gasteiger partial charge in [0.2, 0.25) is 0 Å². The second kappa shape index (κ2) is 7.46. The molecule has 3 amide bonds. The Kier molecular flexibility index (Phi) is 4.87. The van der Waals surface area contributed by atoms with E-state index in [1.807, 2.05) is 34.8 Å². The second-order valence-corrected chi connectivity index (χ2v) is 7.26. The first kappa shape index (κ1) is 17.6. The van der Waals surface area contributed by atoms with Crippen LogP contribution in [0.4, 0.5) is 4.79 Å². The summed E-state index contributed by atoms with van der Waals surface area (Å²) < 4.78 is 7.09. The molecule has 2 aromatic rings. The summed E-state index contributed by atoms with van der Waals surface area (Å²) in [6.45, 7) is 3.31. The zero-order valence-electron chi connectivity index (χ0n) is 15.6.